The van der Waals surface area contributed by atoms with Gasteiger partial charge in [0.05, 0.1) is 25.6 Å². The number of hydrogen-bond acceptors (Lipinski definition) is 6. The average Bonchev–Trinajstić information content (AvgIpc) is 2.71. The maximum Gasteiger partial charge on any atom is 0.238 e. The van der Waals surface area contributed by atoms with E-state index in [9.17, 15) is 14.7 Å². The van der Waals surface area contributed by atoms with Crippen LogP contribution >= 0.6 is 0 Å². The predicted molar refractivity (Wildman–Crippen MR) is 108 cm³/mol. The van der Waals surface area contributed by atoms with Crippen LogP contribution in [0.15, 0.2) is 42.5 Å². The van der Waals surface area contributed by atoms with Crippen LogP contribution in [-0.4, -0.2) is 54.0 Å². The molecule has 2 aromatic rings. The van der Waals surface area contributed by atoms with E-state index in [2.05, 4.69) is 10.2 Å². The van der Waals surface area contributed by atoms with E-state index in [-0.39, 0.29) is 24.0 Å². The number of Topliss-reactive ketones (excluding diaryl/α,β-unsaturated/α-hetero) is 1. The summed E-state index contributed by atoms with van der Waals surface area (Å²) in [4.78, 5) is 27.0. The minimum Gasteiger partial charge on any atom is -0.508 e. The van der Waals surface area contributed by atoms with E-state index < -0.39 is 5.60 Å². The number of nitrogens with zero attached hydrogens (tertiary/aromatic N) is 1. The summed E-state index contributed by atoms with van der Waals surface area (Å²) in [7, 11) is 1.59. The molecule has 2 heterocycles. The fourth-order valence-corrected chi connectivity index (χ4v) is 3.98. The molecule has 0 aliphatic carbocycles. The quantitative estimate of drug-likeness (QED) is 0.826. The number of amides is 1. The lowest BCUT2D eigenvalue weighted by atomic mass is 9.82. The lowest BCUT2D eigenvalue weighted by Crippen LogP contribution is -2.52. The molecule has 0 atom stereocenters. The van der Waals surface area contributed by atoms with Crippen molar-refractivity contribution in [2.45, 2.75) is 24.9 Å². The Hall–Kier alpha value is -3.06. The first-order valence-electron chi connectivity index (χ1n) is 9.68. The van der Waals surface area contributed by atoms with Gasteiger partial charge in [-0.2, -0.15) is 0 Å². The number of nitrogens with one attached hydrogen (secondary N) is 1. The van der Waals surface area contributed by atoms with Crippen LogP contribution in [0.25, 0.3) is 0 Å². The molecule has 0 aromatic heterocycles. The number of carbonyl (C=O) groups excluding carboxylic acids is 2. The van der Waals surface area contributed by atoms with Gasteiger partial charge in [-0.25, -0.2) is 0 Å². The molecule has 0 radical (unpaired) electrons. The molecule has 0 saturated carbocycles. The van der Waals surface area contributed by atoms with Gasteiger partial charge in [-0.05, 0) is 30.3 Å². The second-order valence-electron chi connectivity index (χ2n) is 7.62. The Kier molecular flexibility index (Phi) is 5.15. The minimum atomic E-state index is -0.527. The van der Waals surface area contributed by atoms with Crippen molar-refractivity contribution in [2.75, 3.05) is 32.1 Å². The first-order valence-corrected chi connectivity index (χ1v) is 9.68. The number of rotatable bonds is 4. The second kappa shape index (κ2) is 7.75. The molecule has 1 saturated heterocycles. The Morgan fingerprint density at radius 1 is 1.24 bits per heavy atom. The summed E-state index contributed by atoms with van der Waals surface area (Å²) in [6.07, 6.45) is 1.64. The standard InChI is InChI=1S/C22H24N2O5/c1-28-17-4-2-3-15(11-17)23-21(27)14-24-9-7-22(8-10-24)13-19(26)18-12-16(25)5-6-20(18)29-22/h2-6,11-12,25H,7-10,13-14H2,1H3,(H,23,27). The smallest absolute Gasteiger partial charge is 0.238 e. The number of phenolic OH excluding ortho intramolecular Hbond substituents is 1. The first kappa shape index (κ1) is 19.3. The average molecular weight is 396 g/mol. The van der Waals surface area contributed by atoms with Gasteiger partial charge in [0.15, 0.2) is 5.78 Å². The van der Waals surface area contributed by atoms with Crippen LogP contribution in [0.2, 0.25) is 0 Å². The number of methoxy groups -OCH3 is 1. The Morgan fingerprint density at radius 3 is 2.79 bits per heavy atom. The number of ether oxygens (including phenoxy) is 2. The molecule has 0 bridgehead atoms. The molecule has 1 fully saturated rings. The van der Waals surface area contributed by atoms with Crippen molar-refractivity contribution < 1.29 is 24.2 Å². The van der Waals surface area contributed by atoms with Crippen molar-refractivity contribution in [1.29, 1.82) is 0 Å². The van der Waals surface area contributed by atoms with E-state index >= 15 is 0 Å². The number of benzene rings is 2. The molecular weight excluding hydrogens is 372 g/mol. The molecule has 1 amide bonds. The molecule has 1 spiro atoms. The zero-order valence-electron chi connectivity index (χ0n) is 16.3. The molecule has 2 N–H and O–H groups in total. The number of fused-ring (bicyclic) bond motifs is 1. The van der Waals surface area contributed by atoms with Crippen LogP contribution in [0.5, 0.6) is 17.2 Å². The van der Waals surface area contributed by atoms with Gasteiger partial charge < -0.3 is 19.9 Å². The molecule has 0 unspecified atom stereocenters. The lowest BCUT2D eigenvalue weighted by Gasteiger charge is -2.43. The number of phenols is 1. The third-order valence-corrected chi connectivity index (χ3v) is 5.56. The molecule has 29 heavy (non-hydrogen) atoms. The molecule has 7 nitrogen and oxygen atoms in total. The molecule has 4 rings (SSSR count). The second-order valence-corrected chi connectivity index (χ2v) is 7.62. The van der Waals surface area contributed by atoms with Crippen LogP contribution in [0.4, 0.5) is 5.69 Å². The normalized spacial score (nSPS) is 18.0. The lowest BCUT2D eigenvalue weighted by molar-refractivity contribution is -0.118. The van der Waals surface area contributed by atoms with Crippen molar-refractivity contribution in [1.82, 2.24) is 4.90 Å². The van der Waals surface area contributed by atoms with E-state index in [1.54, 1.807) is 19.2 Å². The van der Waals surface area contributed by atoms with Crippen molar-refractivity contribution >= 4 is 17.4 Å². The van der Waals surface area contributed by atoms with Gasteiger partial charge >= 0.3 is 0 Å². The topological polar surface area (TPSA) is 88.1 Å². The number of aromatic hydroxyl groups is 1. The summed E-state index contributed by atoms with van der Waals surface area (Å²) in [5, 5.41) is 12.5. The van der Waals surface area contributed by atoms with E-state index in [1.165, 1.54) is 12.1 Å². The molecule has 152 valence electrons. The number of anilines is 1. The summed E-state index contributed by atoms with van der Waals surface area (Å²) in [5.74, 6) is 1.19. The number of likely N-dealkylation sites (tertiary alicyclic amines) is 1. The van der Waals surface area contributed by atoms with Crippen LogP contribution in [0, 0.1) is 0 Å². The van der Waals surface area contributed by atoms with E-state index in [0.29, 0.717) is 55.1 Å². The molecule has 7 heteroatoms. The van der Waals surface area contributed by atoms with Crippen molar-refractivity contribution in [3.05, 3.63) is 48.0 Å². The largest absolute Gasteiger partial charge is 0.508 e. The highest BCUT2D eigenvalue weighted by Crippen LogP contribution is 2.40. The van der Waals surface area contributed by atoms with Gasteiger partial charge in [-0.15, -0.1) is 0 Å². The monoisotopic (exact) mass is 396 g/mol. The zero-order valence-corrected chi connectivity index (χ0v) is 16.3. The highest BCUT2D eigenvalue weighted by molar-refractivity contribution is 6.00. The van der Waals surface area contributed by atoms with Gasteiger partial charge in [0, 0.05) is 37.7 Å². The summed E-state index contributed by atoms with van der Waals surface area (Å²) in [5.41, 5.74) is 0.612. The van der Waals surface area contributed by atoms with Gasteiger partial charge in [0.2, 0.25) is 5.91 Å². The van der Waals surface area contributed by atoms with Gasteiger partial charge in [-0.3, -0.25) is 14.5 Å². The van der Waals surface area contributed by atoms with Crippen molar-refractivity contribution in [2.24, 2.45) is 0 Å². The van der Waals surface area contributed by atoms with Crippen LogP contribution in [0.1, 0.15) is 29.6 Å². The SMILES string of the molecule is COc1cccc(NC(=O)CN2CCC3(CC2)CC(=O)c2cc(O)ccc2O3)c1. The number of carbonyl (C=O) groups is 2. The van der Waals surface area contributed by atoms with Crippen molar-refractivity contribution in [3.8, 4) is 17.2 Å². The summed E-state index contributed by atoms with van der Waals surface area (Å²) in [6, 6.07) is 11.9. The Balaban J connectivity index is 1.34. The van der Waals surface area contributed by atoms with E-state index in [1.807, 2.05) is 18.2 Å². The first-order chi connectivity index (χ1) is 14.0. The summed E-state index contributed by atoms with van der Waals surface area (Å²) in [6.45, 7) is 1.63. The summed E-state index contributed by atoms with van der Waals surface area (Å²) >= 11 is 0. The zero-order chi connectivity index (χ0) is 20.4. The van der Waals surface area contributed by atoms with Crippen LogP contribution in [0.3, 0.4) is 0 Å². The number of piperidine rings is 1. The minimum absolute atomic E-state index is 0.00799. The van der Waals surface area contributed by atoms with E-state index in [0.717, 1.165) is 0 Å². The maximum atomic E-state index is 12.5. The van der Waals surface area contributed by atoms with Crippen LogP contribution < -0.4 is 14.8 Å². The molecule has 2 aliphatic rings. The maximum absolute atomic E-state index is 12.5. The third kappa shape index (κ3) is 4.19. The highest BCUT2D eigenvalue weighted by atomic mass is 16.5. The Morgan fingerprint density at radius 2 is 2.03 bits per heavy atom. The fourth-order valence-electron chi connectivity index (χ4n) is 3.98. The molecule has 2 aromatic carbocycles. The Labute approximate surface area is 169 Å². The molecular formula is C22H24N2O5. The third-order valence-electron chi connectivity index (χ3n) is 5.56. The fraction of sp³-hybridized carbons (Fsp3) is 0.364. The number of ketones is 1. The van der Waals surface area contributed by atoms with Gasteiger partial charge in [-0.1, -0.05) is 6.07 Å². The highest BCUT2D eigenvalue weighted by Gasteiger charge is 2.43. The Bertz CT molecular complexity index is 935. The summed E-state index contributed by atoms with van der Waals surface area (Å²) < 4.78 is 11.4. The number of hydrogen-bond donors (Lipinski definition) is 2. The molecule has 2 aliphatic heterocycles. The predicted octanol–water partition coefficient (Wildman–Crippen LogP) is 2.84. The van der Waals surface area contributed by atoms with Crippen LogP contribution in [-0.2, 0) is 4.79 Å². The van der Waals surface area contributed by atoms with E-state index in [4.69, 9.17) is 9.47 Å². The van der Waals surface area contributed by atoms with Gasteiger partial charge in [0.25, 0.3) is 0 Å². The van der Waals surface area contributed by atoms with Gasteiger partial charge in [0.1, 0.15) is 22.8 Å². The van der Waals surface area contributed by atoms with Crippen molar-refractivity contribution in [3.63, 3.8) is 0 Å².